The summed E-state index contributed by atoms with van der Waals surface area (Å²) < 4.78 is 1.89. The number of anilines is 1. The normalized spacial score (nSPS) is 17.3. The van der Waals surface area contributed by atoms with Gasteiger partial charge in [-0.3, -0.25) is 4.79 Å². The molecule has 160 valence electrons. The van der Waals surface area contributed by atoms with Gasteiger partial charge in [-0.05, 0) is 31.0 Å². The number of aryl methyl sites for hydroxylation is 2. The van der Waals surface area contributed by atoms with Gasteiger partial charge in [-0.1, -0.05) is 90.1 Å². The van der Waals surface area contributed by atoms with E-state index < -0.39 is 5.25 Å². The molecule has 0 saturated carbocycles. The van der Waals surface area contributed by atoms with Crippen molar-refractivity contribution in [2.75, 3.05) is 10.7 Å². The van der Waals surface area contributed by atoms with Crippen LogP contribution in [0, 0.1) is 13.8 Å². The minimum absolute atomic E-state index is 0.0714. The van der Waals surface area contributed by atoms with Gasteiger partial charge in [0.15, 0.2) is 5.82 Å². The van der Waals surface area contributed by atoms with Crippen molar-refractivity contribution in [2.45, 2.75) is 30.3 Å². The van der Waals surface area contributed by atoms with E-state index in [1.807, 2.05) is 66.2 Å². The number of thioether (sulfide) groups is 1. The van der Waals surface area contributed by atoms with E-state index in [9.17, 15) is 4.79 Å². The van der Waals surface area contributed by atoms with Crippen LogP contribution in [0.5, 0.6) is 0 Å². The Morgan fingerprint density at radius 1 is 0.938 bits per heavy atom. The average Bonchev–Trinajstić information content (AvgIpc) is 3.24. The average molecular weight is 442 g/mol. The summed E-state index contributed by atoms with van der Waals surface area (Å²) in [4.78, 5) is 13.4. The molecule has 2 N–H and O–H groups in total. The number of rotatable bonds is 4. The predicted octanol–water partition coefficient (Wildman–Crippen LogP) is 4.96. The topological polar surface area (TPSA) is 71.8 Å². The van der Waals surface area contributed by atoms with Crippen LogP contribution >= 0.6 is 11.8 Å². The summed E-state index contributed by atoms with van der Waals surface area (Å²) in [5.41, 5.74) is 8.53. The molecule has 2 atom stereocenters. The first kappa shape index (κ1) is 20.3. The van der Waals surface area contributed by atoms with Gasteiger partial charge in [-0.15, -0.1) is 10.2 Å². The molecule has 0 aliphatic carbocycles. The first-order valence-corrected chi connectivity index (χ1v) is 11.4. The second-order valence-corrected chi connectivity index (χ2v) is 8.98. The zero-order valence-corrected chi connectivity index (χ0v) is 18.6. The molecular formula is C25H23N5OS. The monoisotopic (exact) mass is 441 g/mol. The van der Waals surface area contributed by atoms with Gasteiger partial charge in [0.2, 0.25) is 11.1 Å². The molecule has 0 unspecified atom stereocenters. The molecule has 32 heavy (non-hydrogen) atoms. The highest BCUT2D eigenvalue weighted by Gasteiger charge is 2.38. The van der Waals surface area contributed by atoms with Crippen molar-refractivity contribution in [3.8, 4) is 11.4 Å². The third-order valence-electron chi connectivity index (χ3n) is 5.57. The van der Waals surface area contributed by atoms with Gasteiger partial charge in [0.25, 0.3) is 0 Å². The van der Waals surface area contributed by atoms with Gasteiger partial charge in [-0.2, -0.15) is 0 Å². The zero-order valence-electron chi connectivity index (χ0n) is 17.8. The Balaban J connectivity index is 1.52. The lowest BCUT2D eigenvalue weighted by atomic mass is 10.0. The van der Waals surface area contributed by atoms with Crippen LogP contribution in [-0.4, -0.2) is 26.0 Å². The van der Waals surface area contributed by atoms with Crippen LogP contribution in [0.1, 0.15) is 22.7 Å². The van der Waals surface area contributed by atoms with Crippen LogP contribution < -0.4 is 10.7 Å². The Labute approximate surface area is 191 Å². The van der Waals surface area contributed by atoms with Crippen molar-refractivity contribution in [3.63, 3.8) is 0 Å². The molecule has 1 amide bonds. The third kappa shape index (κ3) is 3.87. The standard InChI is InChI=1S/C25H23N5OS/c1-16-12-14-18(15-13-16)21-22(24(31)26-20-11-7-6-8-17(20)2)32-25-28-27-23(30(25)29-21)19-9-4-3-5-10-19/h3-15,21-22,29H,1-2H3,(H,26,31)/t21-,22+/m1/s1. The molecule has 0 bridgehead atoms. The largest absolute Gasteiger partial charge is 0.325 e. The van der Waals surface area contributed by atoms with Crippen LogP contribution in [-0.2, 0) is 4.79 Å². The summed E-state index contributed by atoms with van der Waals surface area (Å²) in [7, 11) is 0. The second kappa shape index (κ2) is 8.51. The number of hydrogen-bond acceptors (Lipinski definition) is 5. The van der Waals surface area contributed by atoms with E-state index in [2.05, 4.69) is 52.1 Å². The van der Waals surface area contributed by atoms with Crippen LogP contribution in [0.3, 0.4) is 0 Å². The van der Waals surface area contributed by atoms with Gasteiger partial charge in [0, 0.05) is 11.3 Å². The highest BCUT2D eigenvalue weighted by molar-refractivity contribution is 8.00. The SMILES string of the molecule is Cc1ccc([C@H]2Nn3c(nnc3-c3ccccc3)S[C@@H]2C(=O)Nc2ccccc2C)cc1. The van der Waals surface area contributed by atoms with Crippen molar-refractivity contribution >= 4 is 23.4 Å². The molecule has 7 heteroatoms. The number of nitrogens with zero attached hydrogens (tertiary/aromatic N) is 3. The Morgan fingerprint density at radius 2 is 1.66 bits per heavy atom. The summed E-state index contributed by atoms with van der Waals surface area (Å²) in [5, 5.41) is 12.1. The van der Waals surface area contributed by atoms with Gasteiger partial charge in [-0.25, -0.2) is 4.68 Å². The number of fused-ring (bicyclic) bond motifs is 1. The van der Waals surface area contributed by atoms with Gasteiger partial charge < -0.3 is 10.7 Å². The minimum Gasteiger partial charge on any atom is -0.325 e. The number of aromatic nitrogens is 3. The fourth-order valence-electron chi connectivity index (χ4n) is 3.77. The number of benzene rings is 3. The second-order valence-electron chi connectivity index (χ2n) is 7.87. The number of nitrogens with one attached hydrogen (secondary N) is 2. The molecule has 3 aromatic carbocycles. The number of carbonyl (C=O) groups is 1. The molecule has 0 spiro atoms. The van der Waals surface area contributed by atoms with E-state index in [0.29, 0.717) is 5.16 Å². The molecule has 4 aromatic rings. The zero-order chi connectivity index (χ0) is 22.1. The first-order valence-electron chi connectivity index (χ1n) is 10.5. The lowest BCUT2D eigenvalue weighted by Crippen LogP contribution is -2.41. The summed E-state index contributed by atoms with van der Waals surface area (Å²) in [6.07, 6.45) is 0. The maximum Gasteiger partial charge on any atom is 0.240 e. The Morgan fingerprint density at radius 3 is 2.41 bits per heavy atom. The number of para-hydroxylation sites is 1. The quantitative estimate of drug-likeness (QED) is 0.468. The van der Waals surface area contributed by atoms with E-state index in [0.717, 1.165) is 28.2 Å². The smallest absolute Gasteiger partial charge is 0.240 e. The Kier molecular flexibility index (Phi) is 5.41. The fourth-order valence-corrected chi connectivity index (χ4v) is 4.85. The molecule has 2 heterocycles. The molecule has 0 fully saturated rings. The molecule has 5 rings (SSSR count). The molecule has 1 aliphatic rings. The van der Waals surface area contributed by atoms with Crippen LogP contribution in [0.15, 0.2) is 84.0 Å². The minimum atomic E-state index is -0.419. The number of carbonyl (C=O) groups excluding carboxylic acids is 1. The van der Waals surface area contributed by atoms with E-state index in [-0.39, 0.29) is 11.9 Å². The van der Waals surface area contributed by atoms with Crippen LogP contribution in [0.4, 0.5) is 5.69 Å². The maximum absolute atomic E-state index is 13.4. The van der Waals surface area contributed by atoms with Crippen LogP contribution in [0.25, 0.3) is 11.4 Å². The van der Waals surface area contributed by atoms with E-state index >= 15 is 0 Å². The van der Waals surface area contributed by atoms with Crippen molar-refractivity contribution in [2.24, 2.45) is 0 Å². The fraction of sp³-hybridized carbons (Fsp3) is 0.160. The summed E-state index contributed by atoms with van der Waals surface area (Å²) in [5.74, 6) is 0.654. The maximum atomic E-state index is 13.4. The van der Waals surface area contributed by atoms with Crippen molar-refractivity contribution in [1.82, 2.24) is 14.9 Å². The highest BCUT2D eigenvalue weighted by Crippen LogP contribution is 2.39. The van der Waals surface area contributed by atoms with Crippen molar-refractivity contribution in [1.29, 1.82) is 0 Å². The molecular weight excluding hydrogens is 418 g/mol. The van der Waals surface area contributed by atoms with Crippen LogP contribution in [0.2, 0.25) is 0 Å². The van der Waals surface area contributed by atoms with E-state index in [4.69, 9.17) is 0 Å². The lowest BCUT2D eigenvalue weighted by Gasteiger charge is -2.33. The Hall–Kier alpha value is -3.58. The molecule has 0 saturated heterocycles. The summed E-state index contributed by atoms with van der Waals surface area (Å²) in [6.45, 7) is 4.04. The molecule has 0 radical (unpaired) electrons. The highest BCUT2D eigenvalue weighted by atomic mass is 32.2. The molecule has 1 aromatic heterocycles. The van der Waals surface area contributed by atoms with Gasteiger partial charge >= 0.3 is 0 Å². The van der Waals surface area contributed by atoms with Gasteiger partial charge in [0.05, 0.1) is 6.04 Å². The van der Waals surface area contributed by atoms with Crippen molar-refractivity contribution < 1.29 is 4.79 Å². The molecule has 6 nitrogen and oxygen atoms in total. The number of amides is 1. The number of hydrogen-bond donors (Lipinski definition) is 2. The molecule has 1 aliphatic heterocycles. The van der Waals surface area contributed by atoms with Gasteiger partial charge in [0.1, 0.15) is 5.25 Å². The summed E-state index contributed by atoms with van der Waals surface area (Å²) >= 11 is 1.43. The Bertz CT molecular complexity index is 1250. The van der Waals surface area contributed by atoms with Crippen molar-refractivity contribution in [3.05, 3.63) is 95.6 Å². The summed E-state index contributed by atoms with van der Waals surface area (Å²) in [6, 6.07) is 25.7. The first-order chi connectivity index (χ1) is 15.6. The lowest BCUT2D eigenvalue weighted by molar-refractivity contribution is -0.116. The third-order valence-corrected chi connectivity index (χ3v) is 6.78. The predicted molar refractivity (Wildman–Crippen MR) is 128 cm³/mol. The van der Waals surface area contributed by atoms with E-state index in [1.54, 1.807) is 0 Å². The van der Waals surface area contributed by atoms with E-state index in [1.165, 1.54) is 17.3 Å².